The van der Waals surface area contributed by atoms with Gasteiger partial charge in [0.25, 0.3) is 5.91 Å². The lowest BCUT2D eigenvalue weighted by Gasteiger charge is -2.37. The average Bonchev–Trinajstić information content (AvgIpc) is 3.31. The number of anilines is 1. The molecule has 40 heavy (non-hydrogen) atoms. The van der Waals surface area contributed by atoms with Crippen molar-refractivity contribution in [3.63, 3.8) is 0 Å². The van der Waals surface area contributed by atoms with E-state index in [0.717, 1.165) is 74.7 Å². The molecule has 0 bridgehead atoms. The van der Waals surface area contributed by atoms with Crippen LogP contribution in [0.5, 0.6) is 0 Å². The molecule has 0 N–H and O–H groups in total. The van der Waals surface area contributed by atoms with Crippen molar-refractivity contribution in [3.05, 3.63) is 113 Å². The van der Waals surface area contributed by atoms with E-state index in [9.17, 15) is 4.79 Å². The maximum atomic E-state index is 13.6. The minimum Gasteiger partial charge on any atom is -0.369 e. The Kier molecular flexibility index (Phi) is 8.71. The molecule has 1 fully saturated rings. The van der Waals surface area contributed by atoms with E-state index in [-0.39, 0.29) is 5.91 Å². The highest BCUT2D eigenvalue weighted by atomic mass is 16.2. The number of nitrogens with zero attached hydrogens (tertiary/aromatic N) is 4. The van der Waals surface area contributed by atoms with Gasteiger partial charge in [0.2, 0.25) is 0 Å². The van der Waals surface area contributed by atoms with Crippen molar-refractivity contribution in [2.75, 3.05) is 51.2 Å². The normalized spacial score (nSPS) is 13.9. The van der Waals surface area contributed by atoms with E-state index in [1.165, 1.54) is 22.4 Å². The molecule has 4 aromatic rings. The van der Waals surface area contributed by atoms with Crippen LogP contribution in [0.1, 0.15) is 39.2 Å². The Labute approximate surface area is 239 Å². The molecule has 5 heteroatoms. The summed E-state index contributed by atoms with van der Waals surface area (Å²) in [5.41, 5.74) is 9.36. The van der Waals surface area contributed by atoms with Crippen LogP contribution in [0.2, 0.25) is 0 Å². The number of hydrogen-bond acceptors (Lipinski definition) is 3. The third kappa shape index (κ3) is 6.15. The predicted octanol–water partition coefficient (Wildman–Crippen LogP) is 6.41. The number of amides is 1. The first-order chi connectivity index (χ1) is 19.4. The van der Waals surface area contributed by atoms with Gasteiger partial charge in [0.1, 0.15) is 0 Å². The monoisotopic (exact) mass is 534 g/mol. The van der Waals surface area contributed by atoms with E-state index < -0.39 is 0 Å². The van der Waals surface area contributed by atoms with Crippen molar-refractivity contribution in [2.24, 2.45) is 0 Å². The van der Waals surface area contributed by atoms with Crippen LogP contribution >= 0.6 is 0 Å². The highest BCUT2D eigenvalue weighted by Gasteiger charge is 2.22. The summed E-state index contributed by atoms with van der Waals surface area (Å²) in [6.07, 6.45) is 0.973. The third-order valence-corrected chi connectivity index (χ3v) is 8.45. The van der Waals surface area contributed by atoms with Crippen molar-refractivity contribution in [1.29, 1.82) is 0 Å². The summed E-state index contributed by atoms with van der Waals surface area (Å²) >= 11 is 0. The molecule has 0 aliphatic carbocycles. The molecule has 0 saturated carbocycles. The molecular weight excluding hydrogens is 492 g/mol. The Morgan fingerprint density at radius 3 is 2.20 bits per heavy atom. The van der Waals surface area contributed by atoms with Crippen LogP contribution in [0.4, 0.5) is 5.69 Å². The van der Waals surface area contributed by atoms with Crippen LogP contribution in [0.15, 0.2) is 84.9 Å². The largest absolute Gasteiger partial charge is 0.369 e. The maximum Gasteiger partial charge on any atom is 0.255 e. The first kappa shape index (κ1) is 27.7. The zero-order valence-electron chi connectivity index (χ0n) is 24.4. The first-order valence-electron chi connectivity index (χ1n) is 14.5. The lowest BCUT2D eigenvalue weighted by Crippen LogP contribution is -2.47. The number of carbonyl (C=O) groups is 1. The van der Waals surface area contributed by atoms with E-state index in [4.69, 9.17) is 0 Å². The number of hydrogen-bond donors (Lipinski definition) is 0. The molecule has 3 aromatic carbocycles. The minimum absolute atomic E-state index is 0.0984. The average molecular weight is 535 g/mol. The van der Waals surface area contributed by atoms with E-state index in [0.29, 0.717) is 0 Å². The Hall–Kier alpha value is -3.83. The number of benzene rings is 3. The van der Waals surface area contributed by atoms with Gasteiger partial charge < -0.3 is 14.4 Å². The number of aryl methyl sites for hydroxylation is 1. The van der Waals surface area contributed by atoms with Crippen molar-refractivity contribution < 1.29 is 4.79 Å². The molecule has 0 unspecified atom stereocenters. The Morgan fingerprint density at radius 2 is 1.50 bits per heavy atom. The topological polar surface area (TPSA) is 31.7 Å². The number of piperazine rings is 1. The van der Waals surface area contributed by atoms with Gasteiger partial charge in [-0.05, 0) is 68.1 Å². The van der Waals surface area contributed by atoms with Crippen LogP contribution in [0.3, 0.4) is 0 Å². The Bertz CT molecular complexity index is 1420. The molecule has 1 aliphatic rings. The fourth-order valence-electron chi connectivity index (χ4n) is 5.81. The summed E-state index contributed by atoms with van der Waals surface area (Å²) in [7, 11) is 1.94. The van der Waals surface area contributed by atoms with E-state index in [1.807, 2.05) is 24.1 Å². The van der Waals surface area contributed by atoms with E-state index in [2.05, 4.69) is 108 Å². The third-order valence-electron chi connectivity index (χ3n) is 8.45. The van der Waals surface area contributed by atoms with Crippen LogP contribution in [-0.4, -0.2) is 66.6 Å². The van der Waals surface area contributed by atoms with Gasteiger partial charge in [-0.15, -0.1) is 0 Å². The summed E-state index contributed by atoms with van der Waals surface area (Å²) in [6, 6.07) is 29.5. The van der Waals surface area contributed by atoms with Crippen LogP contribution in [0.25, 0.3) is 11.3 Å². The molecule has 5 nitrogen and oxygen atoms in total. The molecule has 1 saturated heterocycles. The standard InChI is InChI=1S/C35H42N4O/c1-27-13-11-18-33(28(27)2)38-23-21-37(22-24-38)20-12-19-36(4)35(40)32-25-34(31-16-9-6-10-17-31)39(29(32)3)26-30-14-7-5-8-15-30/h5-11,13-18,25H,12,19-24,26H2,1-4H3. The van der Waals surface area contributed by atoms with Gasteiger partial charge in [0.05, 0.1) is 5.56 Å². The second-order valence-corrected chi connectivity index (χ2v) is 11.1. The van der Waals surface area contributed by atoms with Crippen molar-refractivity contribution in [2.45, 2.75) is 33.7 Å². The Morgan fingerprint density at radius 1 is 0.825 bits per heavy atom. The molecule has 5 rings (SSSR count). The molecule has 1 aromatic heterocycles. The smallest absolute Gasteiger partial charge is 0.255 e. The van der Waals surface area contributed by atoms with Crippen molar-refractivity contribution in [3.8, 4) is 11.3 Å². The molecule has 208 valence electrons. The minimum atomic E-state index is 0.0984. The number of rotatable bonds is 9. The van der Waals surface area contributed by atoms with Crippen molar-refractivity contribution >= 4 is 11.6 Å². The van der Waals surface area contributed by atoms with Gasteiger partial charge in [0.15, 0.2) is 0 Å². The van der Waals surface area contributed by atoms with Gasteiger partial charge in [-0.1, -0.05) is 72.8 Å². The summed E-state index contributed by atoms with van der Waals surface area (Å²) < 4.78 is 2.28. The molecule has 2 heterocycles. The fraction of sp³-hybridized carbons (Fsp3) is 0.343. The predicted molar refractivity (Wildman–Crippen MR) is 166 cm³/mol. The van der Waals surface area contributed by atoms with E-state index in [1.54, 1.807) is 0 Å². The highest BCUT2D eigenvalue weighted by Crippen LogP contribution is 2.28. The second-order valence-electron chi connectivity index (χ2n) is 11.1. The molecule has 0 spiro atoms. The van der Waals surface area contributed by atoms with Gasteiger partial charge in [0, 0.05) is 63.4 Å². The second kappa shape index (κ2) is 12.6. The quantitative estimate of drug-likeness (QED) is 0.249. The van der Waals surface area contributed by atoms with Crippen molar-refractivity contribution in [1.82, 2.24) is 14.4 Å². The zero-order chi connectivity index (χ0) is 28.1. The van der Waals surface area contributed by atoms with E-state index >= 15 is 0 Å². The summed E-state index contributed by atoms with van der Waals surface area (Å²) in [5.74, 6) is 0.0984. The Balaban J connectivity index is 1.20. The van der Waals surface area contributed by atoms with Gasteiger partial charge in [-0.25, -0.2) is 0 Å². The SMILES string of the molecule is Cc1cccc(N2CCN(CCCN(C)C(=O)c3cc(-c4ccccc4)n(Cc4ccccc4)c3C)CC2)c1C. The highest BCUT2D eigenvalue weighted by molar-refractivity contribution is 5.97. The summed E-state index contributed by atoms with van der Waals surface area (Å²) in [6.45, 7) is 13.2. The molecular formula is C35H42N4O. The lowest BCUT2D eigenvalue weighted by molar-refractivity contribution is 0.0787. The fourth-order valence-corrected chi connectivity index (χ4v) is 5.81. The summed E-state index contributed by atoms with van der Waals surface area (Å²) in [4.78, 5) is 20.6. The zero-order valence-corrected chi connectivity index (χ0v) is 24.4. The molecule has 0 atom stereocenters. The summed E-state index contributed by atoms with van der Waals surface area (Å²) in [5, 5.41) is 0. The molecule has 0 radical (unpaired) electrons. The molecule has 1 aliphatic heterocycles. The van der Waals surface area contributed by atoms with Gasteiger partial charge in [-0.3, -0.25) is 9.69 Å². The van der Waals surface area contributed by atoms with Gasteiger partial charge in [-0.2, -0.15) is 0 Å². The van der Waals surface area contributed by atoms with Gasteiger partial charge >= 0.3 is 0 Å². The number of carbonyl (C=O) groups excluding carboxylic acids is 1. The molecule has 1 amide bonds. The lowest BCUT2D eigenvalue weighted by atomic mass is 10.1. The van der Waals surface area contributed by atoms with Crippen LogP contribution < -0.4 is 4.90 Å². The van der Waals surface area contributed by atoms with Crippen LogP contribution in [0, 0.1) is 20.8 Å². The van der Waals surface area contributed by atoms with Crippen LogP contribution in [-0.2, 0) is 6.54 Å². The number of aromatic nitrogens is 1. The first-order valence-corrected chi connectivity index (χ1v) is 14.5. The maximum absolute atomic E-state index is 13.6.